The molecule has 2 heterocycles. The summed E-state index contributed by atoms with van der Waals surface area (Å²) in [5.41, 5.74) is 5.29. The molecule has 1 aliphatic rings. The average Bonchev–Trinajstić information content (AvgIpc) is 3.24. The van der Waals surface area contributed by atoms with E-state index < -0.39 is 11.9 Å². The summed E-state index contributed by atoms with van der Waals surface area (Å²) in [7, 11) is 2.28. The molecule has 1 saturated heterocycles. The van der Waals surface area contributed by atoms with E-state index in [0.717, 1.165) is 6.42 Å². The van der Waals surface area contributed by atoms with Gasteiger partial charge in [-0.15, -0.1) is 0 Å². The van der Waals surface area contributed by atoms with Gasteiger partial charge in [-0.2, -0.15) is 0 Å². The van der Waals surface area contributed by atoms with Gasteiger partial charge in [0, 0.05) is 28.7 Å². The van der Waals surface area contributed by atoms with Crippen molar-refractivity contribution < 1.29 is 19.8 Å². The van der Waals surface area contributed by atoms with Crippen LogP contribution in [-0.4, -0.2) is 51.2 Å². The number of aromatic nitrogens is 1. The third-order valence-corrected chi connectivity index (χ3v) is 5.69. The van der Waals surface area contributed by atoms with E-state index in [1.807, 2.05) is 0 Å². The van der Waals surface area contributed by atoms with Crippen LogP contribution in [0.4, 0.5) is 0 Å². The molecule has 0 spiro atoms. The summed E-state index contributed by atoms with van der Waals surface area (Å²) in [6.07, 6.45) is 3.73. The van der Waals surface area contributed by atoms with Crippen molar-refractivity contribution in [2.75, 3.05) is 7.05 Å². The average molecular weight is 394 g/mol. The number of likely N-dealkylation sites (N-methyl/N-ethyl adjacent to an activating group) is 1. The molecule has 1 aromatic heterocycles. The zero-order chi connectivity index (χ0) is 21.0. The molecule has 0 radical (unpaired) electrons. The molecule has 0 saturated carbocycles. The molecule has 152 valence electrons. The minimum atomic E-state index is -1.82. The molecule has 6 heteroatoms. The summed E-state index contributed by atoms with van der Waals surface area (Å²) in [6, 6.07) is 20.8. The number of rotatable bonds is 3. The molecule has 0 amide bonds. The highest BCUT2D eigenvalue weighted by atomic mass is 16.4. The number of aliphatic carboxylic acids is 2. The van der Waals surface area contributed by atoms with E-state index in [1.54, 1.807) is 0 Å². The van der Waals surface area contributed by atoms with Gasteiger partial charge in [0.05, 0.1) is 0 Å². The van der Waals surface area contributed by atoms with Gasteiger partial charge < -0.3 is 20.1 Å². The lowest BCUT2D eigenvalue weighted by molar-refractivity contribution is -0.159. The summed E-state index contributed by atoms with van der Waals surface area (Å²) in [5, 5.41) is 16.2. The van der Waals surface area contributed by atoms with E-state index in [-0.39, 0.29) is 0 Å². The fourth-order valence-corrected chi connectivity index (χ4v) is 3.95. The number of fused-ring (bicyclic) bond motifs is 1. The largest absolute Gasteiger partial charge is 0.473 e. The fraction of sp³-hybridized carbons (Fsp3) is 0.304. The molecule has 4 rings (SSSR count). The van der Waals surface area contributed by atoms with Gasteiger partial charge in [0.1, 0.15) is 0 Å². The van der Waals surface area contributed by atoms with E-state index in [9.17, 15) is 0 Å². The van der Waals surface area contributed by atoms with Gasteiger partial charge in [-0.05, 0) is 50.4 Å². The van der Waals surface area contributed by atoms with E-state index in [2.05, 4.69) is 78.5 Å². The van der Waals surface area contributed by atoms with Gasteiger partial charge in [0.15, 0.2) is 0 Å². The maximum Gasteiger partial charge on any atom is 0.414 e. The first-order valence-corrected chi connectivity index (χ1v) is 9.71. The number of nitrogens with zero attached hydrogens (tertiary/aromatic N) is 1. The van der Waals surface area contributed by atoms with Gasteiger partial charge in [0.2, 0.25) is 0 Å². The molecule has 0 aliphatic carbocycles. The van der Waals surface area contributed by atoms with E-state index in [1.165, 1.54) is 40.6 Å². The van der Waals surface area contributed by atoms with Crippen LogP contribution < -0.4 is 0 Å². The number of carboxylic acid groups (broad SMARTS) is 2. The molecule has 3 N–H and O–H groups in total. The van der Waals surface area contributed by atoms with Crippen LogP contribution >= 0.6 is 0 Å². The second kappa shape index (κ2) is 8.92. The maximum absolute atomic E-state index is 9.10. The number of nitrogens with one attached hydrogen (secondary N) is 1. The van der Waals surface area contributed by atoms with Crippen molar-refractivity contribution in [1.29, 1.82) is 0 Å². The number of hydrogen-bond donors (Lipinski definition) is 3. The standard InChI is InChI=1S/C21H24N2.C2H2O4/c1-15-12-13-17(23(15)2)14-19-18-10-6-7-11-20(18)22-21(19)16-8-4-3-5-9-16;3-1(4)2(5)6/h3-11,15,17,22H,12-14H2,1-2H3;(H,3,4)(H,5,6)/t15-,17-;/m0./s1. The second-order valence-corrected chi connectivity index (χ2v) is 7.45. The lowest BCUT2D eigenvalue weighted by Gasteiger charge is -2.23. The number of likely N-dealkylation sites (tertiary alicyclic amines) is 1. The third-order valence-electron chi connectivity index (χ3n) is 5.69. The highest BCUT2D eigenvalue weighted by molar-refractivity contribution is 6.27. The first-order chi connectivity index (χ1) is 13.9. The predicted molar refractivity (Wildman–Crippen MR) is 113 cm³/mol. The molecule has 1 fully saturated rings. The Morgan fingerprint density at radius 2 is 1.62 bits per heavy atom. The van der Waals surface area contributed by atoms with Crippen LogP contribution in [0, 0.1) is 0 Å². The summed E-state index contributed by atoms with van der Waals surface area (Å²) in [6.45, 7) is 2.34. The Bertz CT molecular complexity index is 985. The molecule has 2 atom stereocenters. The maximum atomic E-state index is 9.10. The SMILES string of the molecule is C[C@H]1CC[C@@H](Cc2c(-c3ccccc3)[nH]c3ccccc23)N1C.O=C(O)C(=O)O. The predicted octanol–water partition coefficient (Wildman–Crippen LogP) is 4.02. The van der Waals surface area contributed by atoms with E-state index in [0.29, 0.717) is 12.1 Å². The Hall–Kier alpha value is -3.12. The van der Waals surface area contributed by atoms with Crippen molar-refractivity contribution in [3.63, 3.8) is 0 Å². The van der Waals surface area contributed by atoms with Crippen LogP contribution in [-0.2, 0) is 16.0 Å². The first kappa shape index (κ1) is 20.6. The van der Waals surface area contributed by atoms with Crippen molar-refractivity contribution in [3.8, 4) is 11.3 Å². The minimum Gasteiger partial charge on any atom is -0.473 e. The van der Waals surface area contributed by atoms with Crippen molar-refractivity contribution >= 4 is 22.8 Å². The van der Waals surface area contributed by atoms with Gasteiger partial charge in [-0.1, -0.05) is 48.5 Å². The number of H-pyrrole nitrogens is 1. The Labute approximate surface area is 169 Å². The second-order valence-electron chi connectivity index (χ2n) is 7.45. The van der Waals surface area contributed by atoms with Crippen LogP contribution in [0.3, 0.4) is 0 Å². The van der Waals surface area contributed by atoms with Gasteiger partial charge in [-0.25, -0.2) is 9.59 Å². The van der Waals surface area contributed by atoms with Gasteiger partial charge in [0.25, 0.3) is 0 Å². The highest BCUT2D eigenvalue weighted by Crippen LogP contribution is 2.34. The Kier molecular flexibility index (Phi) is 6.34. The molecule has 1 aliphatic heterocycles. The van der Waals surface area contributed by atoms with Crippen molar-refractivity contribution in [1.82, 2.24) is 9.88 Å². The molecule has 2 aromatic carbocycles. The number of benzene rings is 2. The number of aromatic amines is 1. The van der Waals surface area contributed by atoms with Crippen molar-refractivity contribution in [2.45, 2.75) is 38.3 Å². The molecule has 3 aromatic rings. The van der Waals surface area contributed by atoms with Gasteiger partial charge in [-0.3, -0.25) is 0 Å². The topological polar surface area (TPSA) is 93.6 Å². The minimum absolute atomic E-state index is 0.645. The summed E-state index contributed by atoms with van der Waals surface area (Å²) in [5.74, 6) is -3.65. The van der Waals surface area contributed by atoms with Crippen molar-refractivity contribution in [2.24, 2.45) is 0 Å². The van der Waals surface area contributed by atoms with Crippen LogP contribution in [0.1, 0.15) is 25.3 Å². The van der Waals surface area contributed by atoms with Crippen molar-refractivity contribution in [3.05, 3.63) is 60.2 Å². The van der Waals surface area contributed by atoms with Crippen LogP contribution in [0.15, 0.2) is 54.6 Å². The van der Waals surface area contributed by atoms with Crippen LogP contribution in [0.2, 0.25) is 0 Å². The van der Waals surface area contributed by atoms with Gasteiger partial charge >= 0.3 is 11.9 Å². The monoisotopic (exact) mass is 394 g/mol. The number of carboxylic acids is 2. The Morgan fingerprint density at radius 1 is 1.00 bits per heavy atom. The lowest BCUT2D eigenvalue weighted by atomic mass is 9.98. The third kappa shape index (κ3) is 4.66. The molecule has 29 heavy (non-hydrogen) atoms. The normalized spacial score (nSPS) is 19.0. The smallest absolute Gasteiger partial charge is 0.414 e. The number of hydrogen-bond acceptors (Lipinski definition) is 3. The summed E-state index contributed by atoms with van der Waals surface area (Å²) in [4.78, 5) is 24.4. The van der Waals surface area contributed by atoms with E-state index >= 15 is 0 Å². The molecule has 6 nitrogen and oxygen atoms in total. The quantitative estimate of drug-likeness (QED) is 0.584. The highest BCUT2D eigenvalue weighted by Gasteiger charge is 2.28. The molecule has 0 bridgehead atoms. The van der Waals surface area contributed by atoms with Crippen LogP contribution in [0.25, 0.3) is 22.2 Å². The summed E-state index contributed by atoms with van der Waals surface area (Å²) < 4.78 is 0. The zero-order valence-corrected chi connectivity index (χ0v) is 16.6. The fourth-order valence-electron chi connectivity index (χ4n) is 3.95. The number of para-hydroxylation sites is 1. The van der Waals surface area contributed by atoms with E-state index in [4.69, 9.17) is 19.8 Å². The molecular weight excluding hydrogens is 368 g/mol. The Morgan fingerprint density at radius 3 is 2.21 bits per heavy atom. The summed E-state index contributed by atoms with van der Waals surface area (Å²) >= 11 is 0. The first-order valence-electron chi connectivity index (χ1n) is 9.71. The molecule has 0 unspecified atom stereocenters. The Balaban J connectivity index is 0.000000353. The zero-order valence-electron chi connectivity index (χ0n) is 16.6. The molecular formula is C23H26N2O4. The lowest BCUT2D eigenvalue weighted by Crippen LogP contribution is -2.31. The number of carbonyl (C=O) groups is 2. The van der Waals surface area contributed by atoms with Crippen LogP contribution in [0.5, 0.6) is 0 Å².